The van der Waals surface area contributed by atoms with Crippen molar-refractivity contribution in [3.05, 3.63) is 68.9 Å². The van der Waals surface area contributed by atoms with Crippen molar-refractivity contribution in [2.45, 2.75) is 39.3 Å². The molecule has 1 saturated heterocycles. The van der Waals surface area contributed by atoms with Crippen molar-refractivity contribution in [3.63, 3.8) is 0 Å². The first-order valence-corrected chi connectivity index (χ1v) is 13.9. The van der Waals surface area contributed by atoms with E-state index in [1.807, 2.05) is 31.2 Å². The van der Waals surface area contributed by atoms with Crippen LogP contribution in [0.4, 0.5) is 5.82 Å². The average molecular weight is 625 g/mol. The Morgan fingerprint density at radius 3 is 2.78 bits per heavy atom. The molecule has 1 aliphatic heterocycles. The Morgan fingerprint density at radius 1 is 1.22 bits per heavy atom. The molecule has 0 spiro atoms. The van der Waals surface area contributed by atoms with Crippen LogP contribution in [0.25, 0.3) is 5.82 Å². The molecule has 3 heterocycles. The van der Waals surface area contributed by atoms with Crippen LogP contribution in [-0.4, -0.2) is 62.5 Å². The molecule has 1 fully saturated rings. The van der Waals surface area contributed by atoms with Gasteiger partial charge in [-0.1, -0.05) is 41.5 Å². The molecule has 41 heavy (non-hydrogen) atoms. The molecule has 1 amide bonds. The number of hydrogen-bond donors (Lipinski definition) is 2. The number of nitrogens with two attached hydrogens (primary N) is 1. The van der Waals surface area contributed by atoms with Crippen LogP contribution < -0.4 is 20.6 Å². The second-order valence-electron chi connectivity index (χ2n) is 9.62. The maximum Gasteiger partial charge on any atom is 0.293 e. The van der Waals surface area contributed by atoms with E-state index in [0.717, 1.165) is 37.1 Å². The van der Waals surface area contributed by atoms with Gasteiger partial charge < -0.3 is 15.2 Å². The Labute approximate surface area is 244 Å². The fourth-order valence-corrected chi connectivity index (χ4v) is 5.16. The van der Waals surface area contributed by atoms with Crippen molar-refractivity contribution in [3.8, 4) is 17.3 Å². The lowest BCUT2D eigenvalue weighted by atomic mass is 10.1. The summed E-state index contributed by atoms with van der Waals surface area (Å²) in [5.41, 5.74) is 11.9. The third kappa shape index (κ3) is 6.72. The molecule has 2 aromatic heterocycles. The van der Waals surface area contributed by atoms with E-state index in [-0.39, 0.29) is 17.3 Å². The van der Waals surface area contributed by atoms with Crippen LogP contribution >= 0.6 is 15.9 Å². The number of aromatic nitrogens is 5. The lowest BCUT2D eigenvalue weighted by molar-refractivity contribution is 0.0947. The number of benzene rings is 2. The normalized spacial score (nSPS) is 13.9. The van der Waals surface area contributed by atoms with E-state index in [9.17, 15) is 4.79 Å². The molecule has 0 saturated carbocycles. The number of aryl methyl sites for hydroxylation is 1. The number of methoxy groups -OCH3 is 1. The number of hydrogen-bond acceptors (Lipinski definition) is 11. The molecule has 3 N–H and O–H groups in total. The molecule has 0 unspecified atom stereocenters. The summed E-state index contributed by atoms with van der Waals surface area (Å²) in [5.74, 6) is 0.777. The van der Waals surface area contributed by atoms with E-state index in [4.69, 9.17) is 19.8 Å². The van der Waals surface area contributed by atoms with Gasteiger partial charge in [0.1, 0.15) is 6.61 Å². The predicted molar refractivity (Wildman–Crippen MR) is 154 cm³/mol. The number of amides is 1. The molecule has 2 aromatic carbocycles. The number of carbonyl (C=O) groups excluding carboxylic acids is 1. The lowest BCUT2D eigenvalue weighted by Gasteiger charge is -2.26. The number of carbonyl (C=O) groups is 1. The number of piperidine rings is 1. The smallest absolute Gasteiger partial charge is 0.293 e. The number of likely N-dealkylation sites (tertiary alicyclic amines) is 1. The van der Waals surface area contributed by atoms with Crippen LogP contribution in [0.1, 0.15) is 52.1 Å². The molecular formula is C27H30BrN9O4. The Kier molecular flexibility index (Phi) is 8.89. The monoisotopic (exact) mass is 623 g/mol. The summed E-state index contributed by atoms with van der Waals surface area (Å²) in [4.78, 5) is 15.4. The lowest BCUT2D eigenvalue weighted by Crippen LogP contribution is -2.31. The minimum atomic E-state index is -0.529. The van der Waals surface area contributed by atoms with E-state index in [2.05, 4.69) is 58.0 Å². The van der Waals surface area contributed by atoms with E-state index in [1.165, 1.54) is 17.3 Å². The fraction of sp³-hybridized carbons (Fsp3) is 0.333. The first kappa shape index (κ1) is 28.2. The van der Waals surface area contributed by atoms with E-state index >= 15 is 0 Å². The number of ether oxygens (including phenoxy) is 2. The highest BCUT2D eigenvalue weighted by atomic mass is 79.9. The van der Waals surface area contributed by atoms with Crippen molar-refractivity contribution in [2.24, 2.45) is 5.10 Å². The van der Waals surface area contributed by atoms with Crippen molar-refractivity contribution in [2.75, 3.05) is 25.9 Å². The molecule has 0 atom stereocenters. The zero-order chi connectivity index (χ0) is 28.8. The van der Waals surface area contributed by atoms with Gasteiger partial charge in [0.2, 0.25) is 11.6 Å². The van der Waals surface area contributed by atoms with E-state index < -0.39 is 5.91 Å². The van der Waals surface area contributed by atoms with Gasteiger partial charge in [0, 0.05) is 6.54 Å². The van der Waals surface area contributed by atoms with Gasteiger partial charge in [0.05, 0.1) is 23.5 Å². The number of hydrazone groups is 1. The minimum Gasteiger partial charge on any atom is -0.493 e. The Hall–Kier alpha value is -4.30. The molecule has 0 radical (unpaired) electrons. The summed E-state index contributed by atoms with van der Waals surface area (Å²) in [7, 11) is 1.56. The van der Waals surface area contributed by atoms with Crippen LogP contribution in [0.5, 0.6) is 11.5 Å². The summed E-state index contributed by atoms with van der Waals surface area (Å²) in [5, 5.41) is 19.8. The minimum absolute atomic E-state index is 0.0469. The molecule has 14 heteroatoms. The van der Waals surface area contributed by atoms with Crippen LogP contribution in [-0.2, 0) is 13.2 Å². The van der Waals surface area contributed by atoms with Gasteiger partial charge in [-0.2, -0.15) is 9.78 Å². The standard InChI is InChI=1S/C27H30BrN9O4/c1-17-7-6-8-18(11-17)16-40-24-20(28)12-19(13-22(24)39-2)14-30-32-27(38)23-21(15-36-9-4-3-5-10-36)37(35-31-23)26-25(29)33-41-34-26/h6-8,11-14H,3-5,9-10,15-16H2,1-2H3,(H2,29,33)(H,32,38)/b30-14-. The molecule has 5 rings (SSSR count). The first-order chi connectivity index (χ1) is 19.9. The van der Waals surface area contributed by atoms with E-state index in [1.54, 1.807) is 13.2 Å². The number of nitrogens with zero attached hydrogens (tertiary/aromatic N) is 7. The number of halogens is 1. The first-order valence-electron chi connectivity index (χ1n) is 13.1. The maximum absolute atomic E-state index is 13.1. The summed E-state index contributed by atoms with van der Waals surface area (Å²) in [6.07, 6.45) is 4.84. The molecule has 214 valence electrons. The molecule has 0 aliphatic carbocycles. The van der Waals surface area contributed by atoms with Crippen molar-refractivity contribution in [1.29, 1.82) is 0 Å². The van der Waals surface area contributed by atoms with Gasteiger partial charge in [-0.3, -0.25) is 9.69 Å². The van der Waals surface area contributed by atoms with E-state index in [0.29, 0.717) is 40.4 Å². The van der Waals surface area contributed by atoms with Crippen molar-refractivity contribution >= 4 is 33.9 Å². The third-order valence-electron chi connectivity index (χ3n) is 6.59. The topological polar surface area (TPSA) is 159 Å². The number of anilines is 1. The Balaban J connectivity index is 1.31. The third-order valence-corrected chi connectivity index (χ3v) is 7.18. The quantitative estimate of drug-likeness (QED) is 0.197. The number of nitrogen functional groups attached to an aromatic ring is 1. The summed E-state index contributed by atoms with van der Waals surface area (Å²) in [6, 6.07) is 11.7. The SMILES string of the molecule is COc1cc(/C=N\NC(=O)c2nnn(-c3nonc3N)c2CN2CCCCC2)cc(Br)c1OCc1cccc(C)c1. The van der Waals surface area contributed by atoms with Crippen molar-refractivity contribution in [1.82, 2.24) is 35.6 Å². The van der Waals surface area contributed by atoms with Gasteiger partial charge in [-0.05, 0) is 82.4 Å². The number of rotatable bonds is 10. The largest absolute Gasteiger partial charge is 0.493 e. The van der Waals surface area contributed by atoms with Gasteiger partial charge in [0.15, 0.2) is 17.2 Å². The van der Waals surface area contributed by atoms with Gasteiger partial charge >= 0.3 is 0 Å². The van der Waals surface area contributed by atoms with Crippen LogP contribution in [0.2, 0.25) is 0 Å². The predicted octanol–water partition coefficient (Wildman–Crippen LogP) is 3.64. The summed E-state index contributed by atoms with van der Waals surface area (Å²) >= 11 is 3.56. The fourth-order valence-electron chi connectivity index (χ4n) is 4.59. The van der Waals surface area contributed by atoms with Gasteiger partial charge in [-0.15, -0.1) is 5.10 Å². The molecular weight excluding hydrogens is 594 g/mol. The van der Waals surface area contributed by atoms with Crippen LogP contribution in [0, 0.1) is 6.92 Å². The summed E-state index contributed by atoms with van der Waals surface area (Å²) in [6.45, 7) is 4.65. The second-order valence-corrected chi connectivity index (χ2v) is 10.5. The highest BCUT2D eigenvalue weighted by Crippen LogP contribution is 2.37. The zero-order valence-corrected chi connectivity index (χ0v) is 24.3. The average Bonchev–Trinajstić information content (AvgIpc) is 3.58. The highest BCUT2D eigenvalue weighted by Gasteiger charge is 2.26. The molecule has 0 bridgehead atoms. The van der Waals surface area contributed by atoms with Crippen molar-refractivity contribution < 1.29 is 18.9 Å². The highest BCUT2D eigenvalue weighted by molar-refractivity contribution is 9.10. The van der Waals surface area contributed by atoms with Gasteiger partial charge in [-0.25, -0.2) is 10.1 Å². The van der Waals surface area contributed by atoms with Crippen LogP contribution in [0.15, 0.2) is 50.6 Å². The Morgan fingerprint density at radius 2 is 2.05 bits per heavy atom. The van der Waals surface area contributed by atoms with Gasteiger partial charge in [0.25, 0.3) is 5.91 Å². The van der Waals surface area contributed by atoms with Crippen LogP contribution in [0.3, 0.4) is 0 Å². The zero-order valence-electron chi connectivity index (χ0n) is 22.7. The molecule has 13 nitrogen and oxygen atoms in total. The Bertz CT molecular complexity index is 1550. The maximum atomic E-state index is 13.1. The molecule has 4 aromatic rings. The summed E-state index contributed by atoms with van der Waals surface area (Å²) < 4.78 is 18.4. The second kappa shape index (κ2) is 12.9. The number of nitrogens with one attached hydrogen (secondary N) is 1. The molecule has 1 aliphatic rings.